The van der Waals surface area contributed by atoms with Crippen LogP contribution < -0.4 is 4.90 Å². The standard InChI is InChI=1S/C11H16N2O3S/c1-12(2)9-6-5-8(11(14)13(3)4)7-10(9)17(15)16/h5-7H,1-4H3,(H,15,16). The van der Waals surface area contributed by atoms with Crippen LogP contribution in [0.2, 0.25) is 0 Å². The van der Waals surface area contributed by atoms with Crippen molar-refractivity contribution in [3.05, 3.63) is 23.8 Å². The smallest absolute Gasteiger partial charge is 0.253 e. The summed E-state index contributed by atoms with van der Waals surface area (Å²) in [6.07, 6.45) is 0. The van der Waals surface area contributed by atoms with Gasteiger partial charge in [-0.05, 0) is 18.2 Å². The van der Waals surface area contributed by atoms with Gasteiger partial charge in [-0.15, -0.1) is 0 Å². The average molecular weight is 256 g/mol. The second kappa shape index (κ2) is 5.29. The summed E-state index contributed by atoms with van der Waals surface area (Å²) >= 11 is -2.11. The van der Waals surface area contributed by atoms with Gasteiger partial charge < -0.3 is 14.4 Å². The maximum atomic E-state index is 11.7. The number of carbonyl (C=O) groups excluding carboxylic acids is 1. The van der Waals surface area contributed by atoms with E-state index in [4.69, 9.17) is 0 Å². The topological polar surface area (TPSA) is 60.9 Å². The minimum Gasteiger partial charge on any atom is -0.377 e. The molecule has 0 radical (unpaired) electrons. The fourth-order valence-electron chi connectivity index (χ4n) is 1.41. The average Bonchev–Trinajstić information content (AvgIpc) is 2.26. The Hall–Kier alpha value is -1.40. The van der Waals surface area contributed by atoms with E-state index in [0.717, 1.165) is 0 Å². The van der Waals surface area contributed by atoms with Crippen molar-refractivity contribution in [2.24, 2.45) is 0 Å². The third-order valence-electron chi connectivity index (χ3n) is 2.28. The number of carbonyl (C=O) groups is 1. The molecule has 0 saturated heterocycles. The Kier molecular flexibility index (Phi) is 4.25. The van der Waals surface area contributed by atoms with E-state index >= 15 is 0 Å². The Bertz CT molecular complexity index is 458. The van der Waals surface area contributed by atoms with Crippen LogP contribution in [-0.4, -0.2) is 47.8 Å². The van der Waals surface area contributed by atoms with Crippen molar-refractivity contribution >= 4 is 22.7 Å². The highest BCUT2D eigenvalue weighted by atomic mass is 32.2. The first-order chi connectivity index (χ1) is 7.84. The van der Waals surface area contributed by atoms with E-state index in [1.54, 1.807) is 45.2 Å². The summed E-state index contributed by atoms with van der Waals surface area (Å²) in [6, 6.07) is 4.77. The van der Waals surface area contributed by atoms with Gasteiger partial charge in [0.25, 0.3) is 5.91 Å². The number of nitrogens with zero attached hydrogens (tertiary/aromatic N) is 2. The highest BCUT2D eigenvalue weighted by molar-refractivity contribution is 7.79. The molecule has 0 bridgehead atoms. The molecule has 0 saturated carbocycles. The van der Waals surface area contributed by atoms with E-state index < -0.39 is 11.1 Å². The summed E-state index contributed by atoms with van der Waals surface area (Å²) in [6.45, 7) is 0. The van der Waals surface area contributed by atoms with Gasteiger partial charge in [0.15, 0.2) is 11.1 Å². The number of amides is 1. The van der Waals surface area contributed by atoms with Crippen LogP contribution in [0, 0.1) is 0 Å². The molecule has 1 unspecified atom stereocenters. The van der Waals surface area contributed by atoms with Crippen LogP contribution in [-0.2, 0) is 11.1 Å². The molecule has 6 heteroatoms. The molecule has 17 heavy (non-hydrogen) atoms. The maximum Gasteiger partial charge on any atom is 0.253 e. The van der Waals surface area contributed by atoms with E-state index in [1.807, 2.05) is 0 Å². The molecule has 0 spiro atoms. The second-order valence-electron chi connectivity index (χ2n) is 4.03. The minimum absolute atomic E-state index is 0.193. The zero-order chi connectivity index (χ0) is 13.2. The van der Waals surface area contributed by atoms with Gasteiger partial charge in [0.05, 0.1) is 10.6 Å². The molecule has 1 amide bonds. The van der Waals surface area contributed by atoms with Crippen molar-refractivity contribution in [1.82, 2.24) is 4.90 Å². The number of hydrogen-bond donors (Lipinski definition) is 1. The first kappa shape index (κ1) is 13.7. The summed E-state index contributed by atoms with van der Waals surface area (Å²) < 4.78 is 20.4. The molecular formula is C11H16N2O3S. The normalized spacial score (nSPS) is 12.1. The summed E-state index contributed by atoms with van der Waals surface area (Å²) in [5.74, 6) is -0.193. The molecule has 94 valence electrons. The third kappa shape index (κ3) is 3.04. The summed E-state index contributed by atoms with van der Waals surface area (Å²) in [5.41, 5.74) is 1.03. The minimum atomic E-state index is -2.11. The van der Waals surface area contributed by atoms with E-state index in [1.165, 1.54) is 11.0 Å². The van der Waals surface area contributed by atoms with Crippen LogP contribution in [0.5, 0.6) is 0 Å². The Balaban J connectivity index is 3.28. The molecule has 1 N–H and O–H groups in total. The van der Waals surface area contributed by atoms with Crippen LogP contribution >= 0.6 is 0 Å². The Morgan fingerprint density at radius 2 is 1.82 bits per heavy atom. The number of benzene rings is 1. The maximum absolute atomic E-state index is 11.7. The largest absolute Gasteiger partial charge is 0.377 e. The molecule has 0 aromatic heterocycles. The summed E-state index contributed by atoms with van der Waals surface area (Å²) in [4.78, 5) is 15.1. The predicted molar refractivity (Wildman–Crippen MR) is 67.8 cm³/mol. The first-order valence-electron chi connectivity index (χ1n) is 4.98. The van der Waals surface area contributed by atoms with Gasteiger partial charge in [0.2, 0.25) is 0 Å². The number of hydrogen-bond acceptors (Lipinski definition) is 3. The van der Waals surface area contributed by atoms with E-state index in [9.17, 15) is 13.6 Å². The summed E-state index contributed by atoms with van der Waals surface area (Å²) in [5, 5.41) is 0. The zero-order valence-electron chi connectivity index (χ0n) is 10.3. The van der Waals surface area contributed by atoms with Gasteiger partial charge >= 0.3 is 0 Å². The Morgan fingerprint density at radius 1 is 1.24 bits per heavy atom. The van der Waals surface area contributed by atoms with Gasteiger partial charge in [-0.3, -0.25) is 4.79 Å². The third-order valence-corrected chi connectivity index (χ3v) is 2.99. The molecule has 1 aromatic rings. The molecular weight excluding hydrogens is 240 g/mol. The van der Waals surface area contributed by atoms with Crippen molar-refractivity contribution < 1.29 is 13.6 Å². The first-order valence-corrected chi connectivity index (χ1v) is 6.09. The lowest BCUT2D eigenvalue weighted by atomic mass is 10.2. The van der Waals surface area contributed by atoms with Gasteiger partial charge in [0.1, 0.15) is 0 Å². The Morgan fingerprint density at radius 3 is 2.24 bits per heavy atom. The summed E-state index contributed by atoms with van der Waals surface area (Å²) in [7, 11) is 6.83. The van der Waals surface area contributed by atoms with Crippen molar-refractivity contribution in [2.45, 2.75) is 4.90 Å². The molecule has 1 aromatic carbocycles. The molecule has 0 aliphatic heterocycles. The van der Waals surface area contributed by atoms with E-state index in [2.05, 4.69) is 0 Å². The molecule has 0 heterocycles. The molecule has 0 aliphatic carbocycles. The van der Waals surface area contributed by atoms with Gasteiger partial charge in [0, 0.05) is 33.8 Å². The zero-order valence-corrected chi connectivity index (χ0v) is 11.1. The van der Waals surface area contributed by atoms with Crippen LogP contribution in [0.3, 0.4) is 0 Å². The van der Waals surface area contributed by atoms with Crippen molar-refractivity contribution in [1.29, 1.82) is 0 Å². The molecule has 5 nitrogen and oxygen atoms in total. The number of rotatable bonds is 3. The van der Waals surface area contributed by atoms with Gasteiger partial charge in [-0.1, -0.05) is 0 Å². The quantitative estimate of drug-likeness (QED) is 0.821. The second-order valence-corrected chi connectivity index (χ2v) is 4.96. The van der Waals surface area contributed by atoms with Crippen LogP contribution in [0.4, 0.5) is 5.69 Å². The predicted octanol–water partition coefficient (Wildman–Crippen LogP) is 1.04. The van der Waals surface area contributed by atoms with Crippen molar-refractivity contribution in [3.63, 3.8) is 0 Å². The lowest BCUT2D eigenvalue weighted by Crippen LogP contribution is -2.22. The van der Waals surface area contributed by atoms with Crippen LogP contribution in [0.25, 0.3) is 0 Å². The SMILES string of the molecule is CN(C)C(=O)c1ccc(N(C)C)c(S(=O)O)c1. The molecule has 0 aliphatic rings. The van der Waals surface area contributed by atoms with Crippen molar-refractivity contribution in [2.75, 3.05) is 33.1 Å². The number of anilines is 1. The highest BCUT2D eigenvalue weighted by Gasteiger charge is 2.15. The van der Waals surface area contributed by atoms with Gasteiger partial charge in [-0.2, -0.15) is 0 Å². The van der Waals surface area contributed by atoms with Crippen LogP contribution in [0.15, 0.2) is 23.1 Å². The molecule has 1 atom stereocenters. The van der Waals surface area contributed by atoms with E-state index in [0.29, 0.717) is 11.3 Å². The molecule has 0 fully saturated rings. The molecule has 1 rings (SSSR count). The lowest BCUT2D eigenvalue weighted by molar-refractivity contribution is 0.0827. The van der Waals surface area contributed by atoms with Crippen molar-refractivity contribution in [3.8, 4) is 0 Å². The fraction of sp³-hybridized carbons (Fsp3) is 0.364. The Labute approximate surface area is 103 Å². The monoisotopic (exact) mass is 256 g/mol. The van der Waals surface area contributed by atoms with Crippen LogP contribution in [0.1, 0.15) is 10.4 Å². The van der Waals surface area contributed by atoms with E-state index in [-0.39, 0.29) is 10.8 Å². The van der Waals surface area contributed by atoms with Gasteiger partial charge in [-0.25, -0.2) is 4.21 Å². The highest BCUT2D eigenvalue weighted by Crippen LogP contribution is 2.23. The fourth-order valence-corrected chi connectivity index (χ4v) is 2.07. The lowest BCUT2D eigenvalue weighted by Gasteiger charge is -2.17.